The van der Waals surface area contributed by atoms with Gasteiger partial charge in [0.05, 0.1) is 5.39 Å². The van der Waals surface area contributed by atoms with Gasteiger partial charge in [-0.2, -0.15) is 0 Å². The summed E-state index contributed by atoms with van der Waals surface area (Å²) >= 11 is 7.38. The van der Waals surface area contributed by atoms with Crippen molar-refractivity contribution >= 4 is 33.2 Å². The minimum Gasteiger partial charge on any atom is -0.438 e. The van der Waals surface area contributed by atoms with Crippen LogP contribution in [0.15, 0.2) is 42.0 Å². The molecule has 0 radical (unpaired) electrons. The molecule has 3 rings (SSSR count). The van der Waals surface area contributed by atoms with Crippen LogP contribution in [0.4, 0.5) is 0 Å². The van der Waals surface area contributed by atoms with E-state index < -0.39 is 0 Å². The van der Waals surface area contributed by atoms with E-state index in [0.29, 0.717) is 16.7 Å². The Balaban J connectivity index is 1.99. The van der Waals surface area contributed by atoms with Crippen molar-refractivity contribution in [2.45, 2.75) is 0 Å². The van der Waals surface area contributed by atoms with Crippen LogP contribution in [0.25, 0.3) is 10.2 Å². The van der Waals surface area contributed by atoms with Crippen molar-refractivity contribution in [2.24, 2.45) is 0 Å². The standard InChI is InChI=1S/C12H7ClN2OS/c13-8-1-3-9(4-2-8)16-11-10-5-6-17-12(10)15-7-14-11/h1-7H. The second-order valence-electron chi connectivity index (χ2n) is 3.37. The lowest BCUT2D eigenvalue weighted by Crippen LogP contribution is -1.88. The molecule has 2 aromatic heterocycles. The second-order valence-corrected chi connectivity index (χ2v) is 4.71. The summed E-state index contributed by atoms with van der Waals surface area (Å²) in [6.07, 6.45) is 1.50. The fourth-order valence-electron chi connectivity index (χ4n) is 1.46. The van der Waals surface area contributed by atoms with Crippen LogP contribution in [0.3, 0.4) is 0 Å². The molecular formula is C12H7ClN2OS. The van der Waals surface area contributed by atoms with Gasteiger partial charge in [-0.1, -0.05) is 11.6 Å². The molecule has 0 atom stereocenters. The van der Waals surface area contributed by atoms with Crippen LogP contribution in [0.5, 0.6) is 11.6 Å². The highest BCUT2D eigenvalue weighted by molar-refractivity contribution is 7.16. The molecular weight excluding hydrogens is 256 g/mol. The summed E-state index contributed by atoms with van der Waals surface area (Å²) in [5, 5.41) is 3.57. The van der Waals surface area contributed by atoms with Crippen molar-refractivity contribution in [3.63, 3.8) is 0 Å². The SMILES string of the molecule is Clc1ccc(Oc2ncnc3sccc23)cc1. The summed E-state index contributed by atoms with van der Waals surface area (Å²) in [5.74, 6) is 1.28. The Labute approximate surface area is 107 Å². The molecule has 17 heavy (non-hydrogen) atoms. The Kier molecular flexibility index (Phi) is 2.66. The van der Waals surface area contributed by atoms with E-state index in [-0.39, 0.29) is 0 Å². The Hall–Kier alpha value is -1.65. The van der Waals surface area contributed by atoms with E-state index in [1.807, 2.05) is 23.6 Å². The van der Waals surface area contributed by atoms with Crippen LogP contribution >= 0.6 is 22.9 Å². The summed E-state index contributed by atoms with van der Waals surface area (Å²) < 4.78 is 5.70. The van der Waals surface area contributed by atoms with Gasteiger partial charge >= 0.3 is 0 Å². The molecule has 0 saturated heterocycles. The van der Waals surface area contributed by atoms with Crippen molar-refractivity contribution in [1.29, 1.82) is 0 Å². The van der Waals surface area contributed by atoms with Crippen LogP contribution in [0.2, 0.25) is 5.02 Å². The third-order valence-electron chi connectivity index (χ3n) is 2.25. The highest BCUT2D eigenvalue weighted by Crippen LogP contribution is 2.29. The molecule has 2 heterocycles. The molecule has 84 valence electrons. The number of rotatable bonds is 2. The molecule has 0 saturated carbocycles. The first-order valence-electron chi connectivity index (χ1n) is 4.94. The zero-order chi connectivity index (χ0) is 11.7. The number of fused-ring (bicyclic) bond motifs is 1. The molecule has 3 aromatic rings. The van der Waals surface area contributed by atoms with Crippen molar-refractivity contribution in [3.05, 3.63) is 47.1 Å². The number of hydrogen-bond acceptors (Lipinski definition) is 4. The zero-order valence-corrected chi connectivity index (χ0v) is 10.2. The molecule has 0 aliphatic rings. The maximum atomic E-state index is 5.81. The van der Waals surface area contributed by atoms with Crippen molar-refractivity contribution in [3.8, 4) is 11.6 Å². The molecule has 0 aliphatic heterocycles. The second kappa shape index (κ2) is 4.31. The fraction of sp³-hybridized carbons (Fsp3) is 0. The number of hydrogen-bond donors (Lipinski definition) is 0. The number of ether oxygens (including phenoxy) is 1. The Morgan fingerprint density at radius 1 is 1.06 bits per heavy atom. The van der Waals surface area contributed by atoms with Gasteiger partial charge in [0.15, 0.2) is 0 Å². The largest absolute Gasteiger partial charge is 0.438 e. The highest BCUT2D eigenvalue weighted by Gasteiger charge is 2.06. The van der Waals surface area contributed by atoms with E-state index in [1.54, 1.807) is 23.5 Å². The molecule has 0 amide bonds. The third-order valence-corrected chi connectivity index (χ3v) is 3.33. The van der Waals surface area contributed by atoms with Gasteiger partial charge in [-0.25, -0.2) is 9.97 Å². The van der Waals surface area contributed by atoms with Crippen molar-refractivity contribution < 1.29 is 4.74 Å². The van der Waals surface area contributed by atoms with Gasteiger partial charge in [0.2, 0.25) is 5.88 Å². The van der Waals surface area contributed by atoms with Crippen molar-refractivity contribution in [2.75, 3.05) is 0 Å². The number of aromatic nitrogens is 2. The van der Waals surface area contributed by atoms with Gasteiger partial charge in [-0.05, 0) is 35.7 Å². The molecule has 1 aromatic carbocycles. The first-order valence-corrected chi connectivity index (χ1v) is 6.20. The average molecular weight is 263 g/mol. The van der Waals surface area contributed by atoms with Crippen molar-refractivity contribution in [1.82, 2.24) is 9.97 Å². The number of thiophene rings is 1. The Morgan fingerprint density at radius 2 is 1.88 bits per heavy atom. The maximum Gasteiger partial charge on any atom is 0.231 e. The molecule has 3 nitrogen and oxygen atoms in total. The lowest BCUT2D eigenvalue weighted by Gasteiger charge is -2.04. The van der Waals surface area contributed by atoms with Gasteiger partial charge in [0.1, 0.15) is 16.9 Å². The molecule has 0 fully saturated rings. The molecule has 0 unspecified atom stereocenters. The summed E-state index contributed by atoms with van der Waals surface area (Å²) in [7, 11) is 0. The summed E-state index contributed by atoms with van der Waals surface area (Å²) in [5.41, 5.74) is 0. The lowest BCUT2D eigenvalue weighted by atomic mass is 10.3. The molecule has 0 aliphatic carbocycles. The van der Waals surface area contributed by atoms with Gasteiger partial charge in [0, 0.05) is 5.02 Å². The minimum atomic E-state index is 0.568. The molecule has 0 spiro atoms. The van der Waals surface area contributed by atoms with E-state index in [0.717, 1.165) is 10.2 Å². The predicted octanol–water partition coefficient (Wildman–Crippen LogP) is 4.14. The summed E-state index contributed by atoms with van der Waals surface area (Å²) in [4.78, 5) is 9.22. The Morgan fingerprint density at radius 3 is 2.71 bits per heavy atom. The molecule has 0 N–H and O–H groups in total. The van der Waals surface area contributed by atoms with Gasteiger partial charge in [0.25, 0.3) is 0 Å². The summed E-state index contributed by atoms with van der Waals surface area (Å²) in [6, 6.07) is 9.13. The lowest BCUT2D eigenvalue weighted by molar-refractivity contribution is 0.468. The first-order chi connectivity index (χ1) is 8.33. The minimum absolute atomic E-state index is 0.568. The smallest absolute Gasteiger partial charge is 0.231 e. The van der Waals surface area contributed by atoms with Gasteiger partial charge in [-0.15, -0.1) is 11.3 Å². The van der Waals surface area contributed by atoms with Crippen LogP contribution in [-0.4, -0.2) is 9.97 Å². The number of halogens is 1. The van der Waals surface area contributed by atoms with E-state index in [4.69, 9.17) is 16.3 Å². The number of nitrogens with zero attached hydrogens (tertiary/aromatic N) is 2. The van der Waals surface area contributed by atoms with E-state index in [1.165, 1.54) is 6.33 Å². The van der Waals surface area contributed by atoms with Crippen LogP contribution in [0.1, 0.15) is 0 Å². The Bertz CT molecular complexity index is 651. The topological polar surface area (TPSA) is 35.0 Å². The van der Waals surface area contributed by atoms with E-state index in [9.17, 15) is 0 Å². The monoisotopic (exact) mass is 262 g/mol. The fourth-order valence-corrected chi connectivity index (χ4v) is 2.31. The first kappa shape index (κ1) is 10.5. The third kappa shape index (κ3) is 2.09. The molecule has 0 bridgehead atoms. The quantitative estimate of drug-likeness (QED) is 0.696. The molecule has 5 heteroatoms. The average Bonchev–Trinajstić information content (AvgIpc) is 2.81. The zero-order valence-electron chi connectivity index (χ0n) is 8.63. The van der Waals surface area contributed by atoms with E-state index in [2.05, 4.69) is 9.97 Å². The van der Waals surface area contributed by atoms with Crippen LogP contribution < -0.4 is 4.74 Å². The normalized spacial score (nSPS) is 10.6. The predicted molar refractivity (Wildman–Crippen MR) is 68.9 cm³/mol. The highest BCUT2D eigenvalue weighted by atomic mass is 35.5. The van der Waals surface area contributed by atoms with Crippen LogP contribution in [0, 0.1) is 0 Å². The van der Waals surface area contributed by atoms with Crippen LogP contribution in [-0.2, 0) is 0 Å². The maximum absolute atomic E-state index is 5.81. The van der Waals surface area contributed by atoms with E-state index >= 15 is 0 Å². The van der Waals surface area contributed by atoms with Gasteiger partial charge in [-0.3, -0.25) is 0 Å². The summed E-state index contributed by atoms with van der Waals surface area (Å²) in [6.45, 7) is 0. The van der Waals surface area contributed by atoms with Gasteiger partial charge < -0.3 is 4.74 Å². The number of benzene rings is 1.